The average molecular weight is 326 g/mol. The molecule has 1 rings (SSSR count). The molecule has 0 aromatic heterocycles. The van der Waals surface area contributed by atoms with E-state index in [1.54, 1.807) is 0 Å². The van der Waals surface area contributed by atoms with Gasteiger partial charge in [0.15, 0.2) is 5.41 Å². The maximum absolute atomic E-state index is 12.9. The summed E-state index contributed by atoms with van der Waals surface area (Å²) < 4.78 is 5.71. The van der Waals surface area contributed by atoms with Gasteiger partial charge in [-0.3, -0.25) is 9.59 Å². The van der Waals surface area contributed by atoms with Crippen LogP contribution in [0.5, 0.6) is 0 Å². The van der Waals surface area contributed by atoms with Gasteiger partial charge in [-0.2, -0.15) is 0 Å². The molecule has 1 aliphatic rings. The maximum atomic E-state index is 12.9. The third-order valence-electron chi connectivity index (χ3n) is 5.34. The SMILES string of the molecule is CCCC1CCC(C(=O)O)(C(=O)OC(C)(C)CCC)C1CCC. The molecule has 3 unspecified atom stereocenters. The van der Waals surface area contributed by atoms with E-state index in [-0.39, 0.29) is 5.92 Å². The zero-order valence-electron chi connectivity index (χ0n) is 15.5. The highest BCUT2D eigenvalue weighted by molar-refractivity contribution is 6.00. The molecule has 1 N–H and O–H groups in total. The van der Waals surface area contributed by atoms with Crippen LogP contribution in [0.1, 0.15) is 86.0 Å². The standard InChI is InChI=1S/C19H34O4/c1-6-9-14-11-13-19(16(20)21,15(14)10-7-2)17(22)23-18(4,5)12-8-3/h14-15H,6-13H2,1-5H3,(H,20,21). The number of rotatable bonds is 9. The van der Waals surface area contributed by atoms with Gasteiger partial charge >= 0.3 is 11.9 Å². The van der Waals surface area contributed by atoms with Crippen LogP contribution < -0.4 is 0 Å². The highest BCUT2D eigenvalue weighted by Gasteiger charge is 2.59. The summed E-state index contributed by atoms with van der Waals surface area (Å²) in [5.41, 5.74) is -1.95. The van der Waals surface area contributed by atoms with Crippen LogP contribution in [0.15, 0.2) is 0 Å². The second-order valence-electron chi connectivity index (χ2n) is 7.66. The van der Waals surface area contributed by atoms with Gasteiger partial charge < -0.3 is 9.84 Å². The molecule has 0 radical (unpaired) electrons. The monoisotopic (exact) mass is 326 g/mol. The Balaban J connectivity index is 3.10. The van der Waals surface area contributed by atoms with E-state index >= 15 is 0 Å². The average Bonchev–Trinajstić information content (AvgIpc) is 2.79. The predicted octanol–water partition coefficient (Wildman–Crippen LogP) is 4.81. The van der Waals surface area contributed by atoms with Crippen molar-refractivity contribution in [3.63, 3.8) is 0 Å². The van der Waals surface area contributed by atoms with E-state index in [0.717, 1.165) is 44.9 Å². The molecule has 0 heterocycles. The number of ether oxygens (including phenoxy) is 1. The van der Waals surface area contributed by atoms with Gasteiger partial charge in [0.05, 0.1) is 0 Å². The summed E-state index contributed by atoms with van der Waals surface area (Å²) in [6.07, 6.45) is 6.56. The Bertz CT molecular complexity index is 416. The van der Waals surface area contributed by atoms with Crippen LogP contribution in [0.25, 0.3) is 0 Å². The molecule has 0 aromatic carbocycles. The Morgan fingerprint density at radius 3 is 2.22 bits per heavy atom. The normalized spacial score (nSPS) is 27.9. The zero-order valence-corrected chi connectivity index (χ0v) is 15.5. The molecule has 1 saturated carbocycles. The Morgan fingerprint density at radius 2 is 1.74 bits per heavy atom. The van der Waals surface area contributed by atoms with Crippen molar-refractivity contribution in [2.45, 2.75) is 91.6 Å². The van der Waals surface area contributed by atoms with E-state index in [0.29, 0.717) is 12.3 Å². The largest absolute Gasteiger partial charge is 0.480 e. The molecule has 1 aliphatic carbocycles. The molecule has 0 amide bonds. The summed E-state index contributed by atoms with van der Waals surface area (Å²) in [5.74, 6) is -1.29. The van der Waals surface area contributed by atoms with Crippen LogP contribution in [0.3, 0.4) is 0 Å². The minimum atomic E-state index is -1.35. The quantitative estimate of drug-likeness (QED) is 0.488. The molecule has 0 spiro atoms. The minimum absolute atomic E-state index is 0.102. The van der Waals surface area contributed by atoms with E-state index in [2.05, 4.69) is 13.8 Å². The highest BCUT2D eigenvalue weighted by Crippen LogP contribution is 2.52. The Kier molecular flexibility index (Phi) is 7.09. The molecule has 4 nitrogen and oxygen atoms in total. The topological polar surface area (TPSA) is 63.6 Å². The second kappa shape index (κ2) is 8.16. The number of carbonyl (C=O) groups is 2. The second-order valence-corrected chi connectivity index (χ2v) is 7.66. The van der Waals surface area contributed by atoms with E-state index < -0.39 is 23.0 Å². The van der Waals surface area contributed by atoms with Crippen molar-refractivity contribution in [2.75, 3.05) is 0 Å². The Morgan fingerprint density at radius 1 is 1.13 bits per heavy atom. The molecular weight excluding hydrogens is 292 g/mol. The first-order valence-electron chi connectivity index (χ1n) is 9.22. The van der Waals surface area contributed by atoms with Crippen molar-refractivity contribution in [1.82, 2.24) is 0 Å². The first kappa shape index (κ1) is 20.0. The number of hydrogen-bond donors (Lipinski definition) is 1. The molecule has 0 aromatic rings. The lowest BCUT2D eigenvalue weighted by Gasteiger charge is -2.35. The van der Waals surface area contributed by atoms with Gasteiger partial charge in [-0.1, -0.05) is 46.5 Å². The van der Waals surface area contributed by atoms with Crippen molar-refractivity contribution in [3.05, 3.63) is 0 Å². The number of esters is 1. The minimum Gasteiger partial charge on any atom is -0.480 e. The van der Waals surface area contributed by atoms with Crippen molar-refractivity contribution in [2.24, 2.45) is 17.3 Å². The third-order valence-corrected chi connectivity index (χ3v) is 5.34. The molecule has 3 atom stereocenters. The summed E-state index contributed by atoms with van der Waals surface area (Å²) in [6.45, 7) is 9.95. The lowest BCUT2D eigenvalue weighted by atomic mass is 9.72. The molecule has 0 saturated heterocycles. The fourth-order valence-corrected chi connectivity index (χ4v) is 4.31. The fourth-order valence-electron chi connectivity index (χ4n) is 4.31. The van der Waals surface area contributed by atoms with Gasteiger partial charge in [-0.15, -0.1) is 0 Å². The summed E-state index contributed by atoms with van der Waals surface area (Å²) in [5, 5.41) is 9.94. The molecule has 0 bridgehead atoms. The fraction of sp³-hybridized carbons (Fsp3) is 0.895. The molecule has 23 heavy (non-hydrogen) atoms. The lowest BCUT2D eigenvalue weighted by molar-refractivity contribution is -0.182. The van der Waals surface area contributed by atoms with Crippen molar-refractivity contribution in [1.29, 1.82) is 0 Å². The van der Waals surface area contributed by atoms with Crippen LogP contribution in [0, 0.1) is 17.3 Å². The molecule has 0 aliphatic heterocycles. The van der Waals surface area contributed by atoms with E-state index in [1.165, 1.54) is 0 Å². The van der Waals surface area contributed by atoms with Gasteiger partial charge in [0.1, 0.15) is 5.60 Å². The van der Waals surface area contributed by atoms with Crippen LogP contribution in [0.4, 0.5) is 0 Å². The summed E-state index contributed by atoms with van der Waals surface area (Å²) >= 11 is 0. The van der Waals surface area contributed by atoms with Gasteiger partial charge in [-0.25, -0.2) is 0 Å². The Hall–Kier alpha value is -1.06. The number of hydrogen-bond acceptors (Lipinski definition) is 3. The molecule has 1 fully saturated rings. The van der Waals surface area contributed by atoms with Crippen molar-refractivity contribution >= 4 is 11.9 Å². The van der Waals surface area contributed by atoms with Crippen LogP contribution in [-0.2, 0) is 14.3 Å². The van der Waals surface area contributed by atoms with Gasteiger partial charge in [0.2, 0.25) is 0 Å². The number of carboxylic acids is 1. The molecule has 4 heteroatoms. The van der Waals surface area contributed by atoms with Crippen molar-refractivity contribution < 1.29 is 19.4 Å². The highest BCUT2D eigenvalue weighted by atomic mass is 16.6. The Labute approximate surface area is 141 Å². The first-order chi connectivity index (χ1) is 10.7. The van der Waals surface area contributed by atoms with Crippen LogP contribution in [0.2, 0.25) is 0 Å². The van der Waals surface area contributed by atoms with Crippen LogP contribution in [-0.4, -0.2) is 22.6 Å². The van der Waals surface area contributed by atoms with Gasteiger partial charge in [0.25, 0.3) is 0 Å². The van der Waals surface area contributed by atoms with E-state index in [9.17, 15) is 14.7 Å². The first-order valence-corrected chi connectivity index (χ1v) is 9.22. The third kappa shape index (κ3) is 4.27. The molecular formula is C19H34O4. The smallest absolute Gasteiger partial charge is 0.324 e. The van der Waals surface area contributed by atoms with Gasteiger partial charge in [-0.05, 0) is 51.4 Å². The number of carbonyl (C=O) groups excluding carboxylic acids is 1. The number of carboxylic acid groups (broad SMARTS) is 1. The lowest BCUT2D eigenvalue weighted by Crippen LogP contribution is -2.47. The van der Waals surface area contributed by atoms with Crippen molar-refractivity contribution in [3.8, 4) is 0 Å². The van der Waals surface area contributed by atoms with E-state index in [4.69, 9.17) is 4.74 Å². The predicted molar refractivity (Wildman–Crippen MR) is 91.2 cm³/mol. The summed E-state index contributed by atoms with van der Waals surface area (Å²) in [4.78, 5) is 25.1. The van der Waals surface area contributed by atoms with Gasteiger partial charge in [0, 0.05) is 0 Å². The summed E-state index contributed by atoms with van der Waals surface area (Å²) in [6, 6.07) is 0. The van der Waals surface area contributed by atoms with E-state index in [1.807, 2.05) is 20.8 Å². The summed E-state index contributed by atoms with van der Waals surface area (Å²) in [7, 11) is 0. The molecule has 134 valence electrons. The maximum Gasteiger partial charge on any atom is 0.324 e. The zero-order chi connectivity index (χ0) is 17.7. The van der Waals surface area contributed by atoms with Crippen LogP contribution >= 0.6 is 0 Å². The number of aliphatic carboxylic acids is 1.